The van der Waals surface area contributed by atoms with Crippen LogP contribution in [0, 0.1) is 24.2 Å². The lowest BCUT2D eigenvalue weighted by molar-refractivity contribution is -0.126. The fraction of sp³-hybridized carbons (Fsp3) is 0.500. The lowest BCUT2D eigenvalue weighted by Crippen LogP contribution is -2.39. The predicted octanol–water partition coefficient (Wildman–Crippen LogP) is 5.99. The van der Waals surface area contributed by atoms with Crippen molar-refractivity contribution in [3.63, 3.8) is 0 Å². The summed E-state index contributed by atoms with van der Waals surface area (Å²) in [5, 5.41) is 27.1. The van der Waals surface area contributed by atoms with Gasteiger partial charge < -0.3 is 15.0 Å². The van der Waals surface area contributed by atoms with Crippen LogP contribution in [0.3, 0.4) is 0 Å². The van der Waals surface area contributed by atoms with Crippen molar-refractivity contribution in [1.82, 2.24) is 24.2 Å². The number of thiophene rings is 1. The number of hydrogen-bond acceptors (Lipinski definition) is 9. The van der Waals surface area contributed by atoms with E-state index in [-0.39, 0.29) is 29.4 Å². The molecule has 4 heterocycles. The molecule has 1 saturated heterocycles. The molecule has 1 aliphatic carbocycles. The number of anilines is 1. The van der Waals surface area contributed by atoms with Crippen molar-refractivity contribution in [1.29, 1.82) is 5.26 Å². The van der Waals surface area contributed by atoms with Gasteiger partial charge in [0.2, 0.25) is 10.0 Å². The fourth-order valence-corrected chi connectivity index (χ4v) is 9.02. The van der Waals surface area contributed by atoms with Gasteiger partial charge in [-0.2, -0.15) is 18.4 Å². The van der Waals surface area contributed by atoms with Crippen LogP contribution in [0.4, 0.5) is 19.0 Å². The summed E-state index contributed by atoms with van der Waals surface area (Å²) in [4.78, 5) is 11.7. The Labute approximate surface area is 287 Å². The van der Waals surface area contributed by atoms with Gasteiger partial charge in [0, 0.05) is 52.9 Å². The van der Waals surface area contributed by atoms with Crippen LogP contribution < -0.4 is 10.0 Å². The van der Waals surface area contributed by atoms with E-state index >= 15 is 0 Å². The van der Waals surface area contributed by atoms with Gasteiger partial charge in [0.1, 0.15) is 28.7 Å². The summed E-state index contributed by atoms with van der Waals surface area (Å²) in [5.74, 6) is 0.574. The first-order valence-electron chi connectivity index (χ1n) is 16.5. The number of hydrogen-bond donors (Lipinski definition) is 3. The molecule has 10 nitrogen and oxygen atoms in total. The van der Waals surface area contributed by atoms with E-state index in [4.69, 9.17) is 0 Å². The van der Waals surface area contributed by atoms with E-state index in [1.165, 1.54) is 6.33 Å². The summed E-state index contributed by atoms with van der Waals surface area (Å²) in [6.07, 6.45) is -0.205. The number of aliphatic hydroxyl groups excluding tert-OH is 1. The molecular weight excluding hydrogens is 676 g/mol. The Kier molecular flexibility index (Phi) is 10.3. The van der Waals surface area contributed by atoms with E-state index in [0.29, 0.717) is 47.4 Å². The van der Waals surface area contributed by atoms with E-state index in [9.17, 15) is 32.0 Å². The highest BCUT2D eigenvalue weighted by Crippen LogP contribution is 2.34. The average molecular weight is 716 g/mol. The van der Waals surface area contributed by atoms with E-state index in [0.717, 1.165) is 71.3 Å². The van der Waals surface area contributed by atoms with E-state index < -0.39 is 28.7 Å². The van der Waals surface area contributed by atoms with Crippen molar-refractivity contribution in [2.24, 2.45) is 5.92 Å². The highest BCUT2D eigenvalue weighted by atomic mass is 32.2. The molecule has 0 amide bonds. The number of benzene rings is 1. The molecule has 2 fully saturated rings. The molecule has 0 spiro atoms. The number of alkyl halides is 3. The number of aliphatic hydroxyl groups is 1. The molecule has 3 N–H and O–H groups in total. The van der Waals surface area contributed by atoms with E-state index in [2.05, 4.69) is 50.5 Å². The Bertz CT molecular complexity index is 1970. The van der Waals surface area contributed by atoms with Crippen molar-refractivity contribution < 1.29 is 26.7 Å². The van der Waals surface area contributed by atoms with Gasteiger partial charge in [-0.25, -0.2) is 23.1 Å². The predicted molar refractivity (Wildman–Crippen MR) is 184 cm³/mol. The molecule has 1 aromatic carbocycles. The first kappa shape index (κ1) is 35.3. The van der Waals surface area contributed by atoms with Gasteiger partial charge >= 0.3 is 6.18 Å². The average Bonchev–Trinajstić information content (AvgIpc) is 3.64. The van der Waals surface area contributed by atoms with Gasteiger partial charge in [0.25, 0.3) is 0 Å². The second kappa shape index (κ2) is 14.4. The number of halogens is 3. The maximum Gasteiger partial charge on any atom is 0.393 e. The molecule has 4 aromatic rings. The van der Waals surface area contributed by atoms with Crippen molar-refractivity contribution >= 4 is 48.3 Å². The standard InChI is InChI=1S/C34H40F3N7O3S2/c1-3-49(46,47)42-25-7-4-22(5-8-25)31(45)19-44-26(17-38)14-28-21(2)23(6-9-30(28)44)18-43-12-10-24(11-13-43)41-32-29-15-27(16-34(35,36)37)48-33(29)40-20-39-32/h3,6,9,14-15,20,22,24-25,31,42,45H,1,4-5,7-8,10-13,16,18-19H2,2H3,(H,39,40,41). The normalized spacial score (nSPS) is 20.4. The summed E-state index contributed by atoms with van der Waals surface area (Å²) in [6.45, 7) is 8.10. The Morgan fingerprint density at radius 1 is 1.12 bits per heavy atom. The van der Waals surface area contributed by atoms with Crippen molar-refractivity contribution in [2.75, 3.05) is 18.4 Å². The molecule has 0 radical (unpaired) electrons. The Hall–Kier alpha value is -3.55. The zero-order valence-corrected chi connectivity index (χ0v) is 28.8. The molecule has 1 aliphatic heterocycles. The van der Waals surface area contributed by atoms with E-state index in [1.54, 1.807) is 6.07 Å². The van der Waals surface area contributed by atoms with Crippen LogP contribution in [0.25, 0.3) is 21.1 Å². The number of fused-ring (bicyclic) bond motifs is 2. The highest BCUT2D eigenvalue weighted by molar-refractivity contribution is 7.92. The first-order chi connectivity index (χ1) is 23.3. The maximum absolute atomic E-state index is 12.9. The van der Waals surface area contributed by atoms with Crippen LogP contribution >= 0.6 is 11.3 Å². The van der Waals surface area contributed by atoms with Crippen LogP contribution in [0.5, 0.6) is 0 Å². The fourth-order valence-electron chi connectivity index (χ4n) is 7.20. The summed E-state index contributed by atoms with van der Waals surface area (Å²) in [7, 11) is -3.50. The zero-order valence-electron chi connectivity index (χ0n) is 27.2. The SMILES string of the molecule is C=CS(=O)(=O)NC1CCC(C(O)Cn2c(C#N)cc3c(C)c(CN4CCC(Nc5ncnc6sc(CC(F)(F)F)cc56)CC4)ccc32)CC1. The smallest absolute Gasteiger partial charge is 0.391 e. The topological polar surface area (TPSA) is 136 Å². The number of likely N-dealkylation sites (tertiary alicyclic amines) is 1. The number of nitrogens with zero attached hydrogens (tertiary/aromatic N) is 5. The summed E-state index contributed by atoms with van der Waals surface area (Å²) >= 11 is 1.05. The zero-order chi connectivity index (χ0) is 34.9. The number of piperidine rings is 1. The van der Waals surface area contributed by atoms with Gasteiger partial charge in [0.05, 0.1) is 24.5 Å². The highest BCUT2D eigenvalue weighted by Gasteiger charge is 2.31. The number of sulfonamides is 1. The first-order valence-corrected chi connectivity index (χ1v) is 18.8. The van der Waals surface area contributed by atoms with Crippen LogP contribution in [0.1, 0.15) is 60.2 Å². The van der Waals surface area contributed by atoms with Gasteiger partial charge in [-0.15, -0.1) is 11.3 Å². The third-order valence-electron chi connectivity index (χ3n) is 9.89. The van der Waals surface area contributed by atoms with Gasteiger partial charge in [-0.1, -0.05) is 12.6 Å². The van der Waals surface area contributed by atoms with Crippen LogP contribution in [0.2, 0.25) is 0 Å². The van der Waals surface area contributed by atoms with Crippen LogP contribution in [0.15, 0.2) is 42.6 Å². The summed E-state index contributed by atoms with van der Waals surface area (Å²) in [6, 6.07) is 9.81. The molecule has 0 bridgehead atoms. The quantitative estimate of drug-likeness (QED) is 0.172. The monoisotopic (exact) mass is 715 g/mol. The molecule has 1 saturated carbocycles. The number of rotatable bonds is 11. The lowest BCUT2D eigenvalue weighted by Gasteiger charge is -2.33. The molecule has 3 aromatic heterocycles. The minimum atomic E-state index is -4.28. The molecule has 2 aliphatic rings. The van der Waals surface area contributed by atoms with Crippen molar-refractivity contribution in [3.8, 4) is 6.07 Å². The molecule has 1 unspecified atom stereocenters. The molecule has 15 heteroatoms. The number of aryl methyl sites for hydroxylation is 1. The minimum absolute atomic E-state index is 0.00346. The number of aromatic nitrogens is 3. The van der Waals surface area contributed by atoms with Gasteiger partial charge in [-0.05, 0) is 80.7 Å². The van der Waals surface area contributed by atoms with Crippen molar-refractivity contribution in [3.05, 3.63) is 64.3 Å². The molecule has 6 rings (SSSR count). The number of nitrogens with one attached hydrogen (secondary N) is 2. The molecule has 49 heavy (non-hydrogen) atoms. The maximum atomic E-state index is 12.9. The second-order valence-electron chi connectivity index (χ2n) is 13.2. The van der Waals surface area contributed by atoms with Crippen LogP contribution in [-0.4, -0.2) is 70.4 Å². The Morgan fingerprint density at radius 3 is 2.53 bits per heavy atom. The third-order valence-corrected chi connectivity index (χ3v) is 12.0. The van der Waals surface area contributed by atoms with Gasteiger partial charge in [-0.3, -0.25) is 4.90 Å². The third kappa shape index (κ3) is 8.26. The van der Waals surface area contributed by atoms with Crippen LogP contribution in [-0.2, 0) is 29.5 Å². The van der Waals surface area contributed by atoms with E-state index in [1.807, 2.05) is 16.7 Å². The summed E-state index contributed by atoms with van der Waals surface area (Å²) in [5.41, 5.74) is 3.64. The van der Waals surface area contributed by atoms with Gasteiger partial charge in [0.15, 0.2) is 0 Å². The lowest BCUT2D eigenvalue weighted by atomic mass is 9.83. The molecular formula is C34H40F3N7O3S2. The Balaban J connectivity index is 1.07. The number of nitriles is 1. The second-order valence-corrected chi connectivity index (χ2v) is 16.0. The molecule has 262 valence electrons. The van der Waals surface area contributed by atoms with Crippen molar-refractivity contribution in [2.45, 2.75) is 89.3 Å². The molecule has 1 atom stereocenters. The minimum Gasteiger partial charge on any atom is -0.391 e. The largest absolute Gasteiger partial charge is 0.393 e. The Morgan fingerprint density at radius 2 is 1.86 bits per heavy atom. The summed E-state index contributed by atoms with van der Waals surface area (Å²) < 4.78 is 67.1.